The Morgan fingerprint density at radius 2 is 1.29 bits per heavy atom. The molecule has 1 rings (SSSR count). The standard InChI is InChI=1S/C22H36O2/c1-16-12-13-17(2)19(11-9-15-22(6,7)20(23)24)18(16)10-8-14-21(3,4)5/h12-13H,8-11,14-15H2,1-7H3,(H,23,24). The van der Waals surface area contributed by atoms with Crippen molar-refractivity contribution >= 4 is 5.97 Å². The number of hydrogen-bond acceptors (Lipinski definition) is 1. The number of benzene rings is 1. The van der Waals surface area contributed by atoms with Crippen LogP contribution in [0.15, 0.2) is 12.1 Å². The Morgan fingerprint density at radius 1 is 0.875 bits per heavy atom. The van der Waals surface area contributed by atoms with Crippen LogP contribution in [0.5, 0.6) is 0 Å². The van der Waals surface area contributed by atoms with Crippen LogP contribution in [-0.2, 0) is 17.6 Å². The zero-order chi connectivity index (χ0) is 18.5. The van der Waals surface area contributed by atoms with Gasteiger partial charge in [0.25, 0.3) is 0 Å². The molecule has 0 saturated heterocycles. The summed E-state index contributed by atoms with van der Waals surface area (Å²) in [6.45, 7) is 14.9. The minimum Gasteiger partial charge on any atom is -0.481 e. The third-order valence-electron chi connectivity index (χ3n) is 5.06. The van der Waals surface area contributed by atoms with E-state index < -0.39 is 11.4 Å². The normalized spacial score (nSPS) is 12.5. The zero-order valence-electron chi connectivity index (χ0n) is 16.8. The van der Waals surface area contributed by atoms with Gasteiger partial charge in [-0.3, -0.25) is 4.79 Å². The number of rotatable bonds is 8. The molecule has 1 aromatic carbocycles. The van der Waals surface area contributed by atoms with Crippen LogP contribution in [0.25, 0.3) is 0 Å². The fraction of sp³-hybridized carbons (Fsp3) is 0.682. The molecule has 0 atom stereocenters. The molecule has 0 bridgehead atoms. The van der Waals surface area contributed by atoms with Crippen molar-refractivity contribution in [2.24, 2.45) is 10.8 Å². The van der Waals surface area contributed by atoms with Crippen LogP contribution < -0.4 is 0 Å². The molecular weight excluding hydrogens is 296 g/mol. The first-order chi connectivity index (χ1) is 10.9. The van der Waals surface area contributed by atoms with Gasteiger partial charge in [0.05, 0.1) is 5.41 Å². The van der Waals surface area contributed by atoms with Gasteiger partial charge in [-0.1, -0.05) is 32.9 Å². The number of hydrogen-bond donors (Lipinski definition) is 1. The minimum absolute atomic E-state index is 0.378. The van der Waals surface area contributed by atoms with Crippen LogP contribution in [0, 0.1) is 24.7 Å². The smallest absolute Gasteiger partial charge is 0.309 e. The summed E-state index contributed by atoms with van der Waals surface area (Å²) in [5, 5.41) is 9.28. The van der Waals surface area contributed by atoms with Crippen LogP contribution >= 0.6 is 0 Å². The van der Waals surface area contributed by atoms with Gasteiger partial charge in [-0.15, -0.1) is 0 Å². The Labute approximate surface area is 148 Å². The Hall–Kier alpha value is -1.31. The quantitative estimate of drug-likeness (QED) is 0.624. The SMILES string of the molecule is Cc1ccc(C)c(CCCC(C)(C)C(=O)O)c1CCCC(C)(C)C. The van der Waals surface area contributed by atoms with Crippen LogP contribution in [0.4, 0.5) is 0 Å². The van der Waals surface area contributed by atoms with Crippen LogP contribution in [0.2, 0.25) is 0 Å². The first-order valence-corrected chi connectivity index (χ1v) is 9.25. The topological polar surface area (TPSA) is 37.3 Å². The van der Waals surface area contributed by atoms with Gasteiger partial charge < -0.3 is 5.11 Å². The Bertz CT molecular complexity index is 562. The van der Waals surface area contributed by atoms with Gasteiger partial charge in [0.2, 0.25) is 0 Å². The van der Waals surface area contributed by atoms with Crippen molar-refractivity contribution in [3.8, 4) is 0 Å². The lowest BCUT2D eigenvalue weighted by Gasteiger charge is -2.22. The lowest BCUT2D eigenvalue weighted by Crippen LogP contribution is -2.23. The molecule has 1 N–H and O–H groups in total. The van der Waals surface area contributed by atoms with Crippen molar-refractivity contribution in [1.82, 2.24) is 0 Å². The summed E-state index contributed by atoms with van der Waals surface area (Å²) >= 11 is 0. The molecular formula is C22H36O2. The predicted octanol–water partition coefficient (Wildman–Crippen LogP) is 6.11. The van der Waals surface area contributed by atoms with Crippen molar-refractivity contribution in [2.75, 3.05) is 0 Å². The Kier molecular flexibility index (Phi) is 7.07. The van der Waals surface area contributed by atoms with Gasteiger partial charge in [-0.25, -0.2) is 0 Å². The molecule has 24 heavy (non-hydrogen) atoms. The lowest BCUT2D eigenvalue weighted by molar-refractivity contribution is -0.147. The molecule has 0 aromatic heterocycles. The largest absolute Gasteiger partial charge is 0.481 e. The maximum Gasteiger partial charge on any atom is 0.309 e. The average Bonchev–Trinajstić information content (AvgIpc) is 2.43. The first kappa shape index (κ1) is 20.7. The van der Waals surface area contributed by atoms with Crippen molar-refractivity contribution in [2.45, 2.75) is 87.0 Å². The van der Waals surface area contributed by atoms with Crippen molar-refractivity contribution in [3.63, 3.8) is 0 Å². The second-order valence-electron chi connectivity index (χ2n) is 9.11. The van der Waals surface area contributed by atoms with E-state index in [1.807, 2.05) is 13.8 Å². The van der Waals surface area contributed by atoms with Gasteiger partial charge in [0.1, 0.15) is 0 Å². The van der Waals surface area contributed by atoms with E-state index in [0.717, 1.165) is 25.7 Å². The fourth-order valence-corrected chi connectivity index (χ4v) is 3.23. The molecule has 0 radical (unpaired) electrons. The van der Waals surface area contributed by atoms with Gasteiger partial charge in [0, 0.05) is 0 Å². The van der Waals surface area contributed by atoms with E-state index in [0.29, 0.717) is 5.41 Å². The van der Waals surface area contributed by atoms with E-state index in [1.165, 1.54) is 35.1 Å². The molecule has 0 unspecified atom stereocenters. The molecule has 136 valence electrons. The van der Waals surface area contributed by atoms with Crippen LogP contribution in [-0.4, -0.2) is 11.1 Å². The molecule has 0 aliphatic heterocycles. The second-order valence-corrected chi connectivity index (χ2v) is 9.11. The zero-order valence-corrected chi connectivity index (χ0v) is 16.8. The van der Waals surface area contributed by atoms with Gasteiger partial charge >= 0.3 is 5.97 Å². The minimum atomic E-state index is -0.700. The maximum atomic E-state index is 11.3. The van der Waals surface area contributed by atoms with Crippen molar-refractivity contribution < 1.29 is 9.90 Å². The van der Waals surface area contributed by atoms with Gasteiger partial charge in [-0.05, 0) is 93.9 Å². The average molecular weight is 333 g/mol. The van der Waals surface area contributed by atoms with Crippen LogP contribution in [0.3, 0.4) is 0 Å². The Balaban J connectivity index is 2.82. The number of carboxylic acid groups (broad SMARTS) is 1. The van der Waals surface area contributed by atoms with Crippen LogP contribution in [0.1, 0.15) is 82.6 Å². The monoisotopic (exact) mass is 332 g/mol. The molecule has 2 heteroatoms. The number of carbonyl (C=O) groups is 1. The first-order valence-electron chi connectivity index (χ1n) is 9.25. The molecule has 1 aromatic rings. The molecule has 0 aliphatic carbocycles. The Morgan fingerprint density at radius 3 is 1.67 bits per heavy atom. The summed E-state index contributed by atoms with van der Waals surface area (Å²) in [4.78, 5) is 11.3. The van der Waals surface area contributed by atoms with E-state index in [1.54, 1.807) is 0 Å². The van der Waals surface area contributed by atoms with Gasteiger partial charge in [-0.2, -0.15) is 0 Å². The summed E-state index contributed by atoms with van der Waals surface area (Å²) < 4.78 is 0. The molecule has 0 fully saturated rings. The fourth-order valence-electron chi connectivity index (χ4n) is 3.23. The molecule has 0 saturated carbocycles. The van der Waals surface area contributed by atoms with E-state index in [9.17, 15) is 9.90 Å². The molecule has 0 amide bonds. The summed E-state index contributed by atoms with van der Waals surface area (Å²) in [5.41, 5.74) is 5.41. The van der Waals surface area contributed by atoms with E-state index in [4.69, 9.17) is 0 Å². The number of carboxylic acids is 1. The summed E-state index contributed by atoms with van der Waals surface area (Å²) in [6, 6.07) is 4.44. The molecule has 0 aliphatic rings. The molecule has 2 nitrogen and oxygen atoms in total. The predicted molar refractivity (Wildman–Crippen MR) is 103 cm³/mol. The third kappa shape index (κ3) is 6.30. The van der Waals surface area contributed by atoms with Crippen molar-refractivity contribution in [1.29, 1.82) is 0 Å². The van der Waals surface area contributed by atoms with Gasteiger partial charge in [0.15, 0.2) is 0 Å². The lowest BCUT2D eigenvalue weighted by atomic mass is 9.83. The third-order valence-corrected chi connectivity index (χ3v) is 5.06. The molecule has 0 spiro atoms. The van der Waals surface area contributed by atoms with E-state index in [-0.39, 0.29) is 0 Å². The van der Waals surface area contributed by atoms with E-state index in [2.05, 4.69) is 46.8 Å². The highest BCUT2D eigenvalue weighted by molar-refractivity contribution is 5.73. The summed E-state index contributed by atoms with van der Waals surface area (Å²) in [5.74, 6) is -0.700. The summed E-state index contributed by atoms with van der Waals surface area (Å²) in [7, 11) is 0. The second kappa shape index (κ2) is 8.18. The highest BCUT2D eigenvalue weighted by Gasteiger charge is 2.26. The molecule has 0 heterocycles. The summed E-state index contributed by atoms with van der Waals surface area (Å²) in [6.07, 6.45) is 6.19. The maximum absolute atomic E-state index is 11.3. The number of aliphatic carboxylic acids is 1. The van der Waals surface area contributed by atoms with E-state index >= 15 is 0 Å². The highest BCUT2D eigenvalue weighted by atomic mass is 16.4. The van der Waals surface area contributed by atoms with Crippen molar-refractivity contribution in [3.05, 3.63) is 34.4 Å². The highest BCUT2D eigenvalue weighted by Crippen LogP contribution is 2.28. The number of aryl methyl sites for hydroxylation is 2.